The van der Waals surface area contributed by atoms with Gasteiger partial charge in [0.1, 0.15) is 11.4 Å². The number of ether oxygens (including phenoxy) is 1. The minimum Gasteiger partial charge on any atom is -0.424 e. The molecule has 5 nitrogen and oxygen atoms in total. The summed E-state index contributed by atoms with van der Waals surface area (Å²) in [4.78, 5) is 15.0. The quantitative estimate of drug-likeness (QED) is 0.571. The number of para-hydroxylation sites is 1. The zero-order valence-electron chi connectivity index (χ0n) is 13.2. The van der Waals surface area contributed by atoms with Gasteiger partial charge in [-0.3, -0.25) is 0 Å². The fourth-order valence-corrected chi connectivity index (χ4v) is 2.50. The van der Waals surface area contributed by atoms with Gasteiger partial charge in [0, 0.05) is 29.5 Å². The highest BCUT2D eigenvalue weighted by Gasteiger charge is 2.31. The molecule has 1 aromatic carbocycles. The van der Waals surface area contributed by atoms with Gasteiger partial charge in [0.25, 0.3) is 0 Å². The van der Waals surface area contributed by atoms with E-state index in [-0.39, 0.29) is 6.01 Å². The molecule has 0 fully saturated rings. The summed E-state index contributed by atoms with van der Waals surface area (Å²) in [6, 6.07) is 11.7. The standard InChI is InChI=1S/C18H11F3N4O/c19-18(20,21)11-8-13-14(10-24-16(13)23-9-11)15-6-7-22-17(25-15)26-12-4-2-1-3-5-12/h1-10H,(H,23,24). The lowest BCUT2D eigenvalue weighted by Gasteiger charge is -2.07. The molecule has 26 heavy (non-hydrogen) atoms. The van der Waals surface area contributed by atoms with E-state index in [4.69, 9.17) is 4.74 Å². The zero-order valence-corrected chi connectivity index (χ0v) is 13.2. The van der Waals surface area contributed by atoms with E-state index in [9.17, 15) is 13.2 Å². The summed E-state index contributed by atoms with van der Waals surface area (Å²) in [5.74, 6) is 0.560. The Bertz CT molecular complexity index is 1060. The van der Waals surface area contributed by atoms with Crippen molar-refractivity contribution >= 4 is 11.0 Å². The summed E-state index contributed by atoms with van der Waals surface area (Å²) in [7, 11) is 0. The molecule has 3 heterocycles. The molecule has 3 aromatic heterocycles. The average molecular weight is 356 g/mol. The van der Waals surface area contributed by atoms with Gasteiger partial charge in [-0.15, -0.1) is 0 Å². The third kappa shape index (κ3) is 3.08. The predicted molar refractivity (Wildman–Crippen MR) is 88.6 cm³/mol. The van der Waals surface area contributed by atoms with Crippen molar-refractivity contribution in [2.45, 2.75) is 6.18 Å². The van der Waals surface area contributed by atoms with Crippen LogP contribution in [0.4, 0.5) is 13.2 Å². The van der Waals surface area contributed by atoms with E-state index in [1.54, 1.807) is 24.4 Å². The lowest BCUT2D eigenvalue weighted by molar-refractivity contribution is -0.137. The molecule has 0 bridgehead atoms. The fourth-order valence-electron chi connectivity index (χ4n) is 2.50. The Labute approximate surface area is 145 Å². The van der Waals surface area contributed by atoms with Crippen LogP contribution in [0.1, 0.15) is 5.56 Å². The van der Waals surface area contributed by atoms with Crippen molar-refractivity contribution in [3.63, 3.8) is 0 Å². The van der Waals surface area contributed by atoms with Crippen LogP contribution in [0.15, 0.2) is 61.1 Å². The van der Waals surface area contributed by atoms with Crippen LogP contribution < -0.4 is 4.74 Å². The number of fused-ring (bicyclic) bond motifs is 1. The number of alkyl halides is 3. The number of hydrogen-bond acceptors (Lipinski definition) is 4. The van der Waals surface area contributed by atoms with Crippen LogP contribution in [0.25, 0.3) is 22.3 Å². The molecule has 0 radical (unpaired) electrons. The lowest BCUT2D eigenvalue weighted by atomic mass is 10.1. The van der Waals surface area contributed by atoms with Gasteiger partial charge in [-0.2, -0.15) is 18.2 Å². The molecule has 0 aliphatic carbocycles. The number of rotatable bonds is 3. The smallest absolute Gasteiger partial charge is 0.417 e. The number of aromatic amines is 1. The predicted octanol–water partition coefficient (Wildman–Crippen LogP) is 4.83. The summed E-state index contributed by atoms with van der Waals surface area (Å²) in [5.41, 5.74) is 0.440. The van der Waals surface area contributed by atoms with Crippen LogP contribution in [0.5, 0.6) is 11.8 Å². The molecule has 0 spiro atoms. The Kier molecular flexibility index (Phi) is 3.80. The maximum Gasteiger partial charge on any atom is 0.417 e. The van der Waals surface area contributed by atoms with Gasteiger partial charge in [-0.25, -0.2) is 9.97 Å². The highest BCUT2D eigenvalue weighted by molar-refractivity contribution is 5.92. The summed E-state index contributed by atoms with van der Waals surface area (Å²) in [6.07, 6.45) is -0.623. The molecule has 0 aliphatic rings. The van der Waals surface area contributed by atoms with Crippen molar-refractivity contribution in [1.82, 2.24) is 19.9 Å². The van der Waals surface area contributed by atoms with E-state index < -0.39 is 11.7 Å². The minimum absolute atomic E-state index is 0.1000. The van der Waals surface area contributed by atoms with Crippen LogP contribution in [0.3, 0.4) is 0 Å². The molecule has 1 N–H and O–H groups in total. The Morgan fingerprint density at radius 1 is 1.00 bits per heavy atom. The van der Waals surface area contributed by atoms with Gasteiger partial charge < -0.3 is 9.72 Å². The molecule has 0 saturated carbocycles. The first-order valence-corrected chi connectivity index (χ1v) is 7.61. The van der Waals surface area contributed by atoms with Crippen LogP contribution in [0.2, 0.25) is 0 Å². The fraction of sp³-hybridized carbons (Fsp3) is 0.0556. The normalized spacial score (nSPS) is 11.7. The number of nitrogens with zero attached hydrogens (tertiary/aromatic N) is 3. The molecule has 0 unspecified atom stereocenters. The maximum atomic E-state index is 13.0. The van der Waals surface area contributed by atoms with Crippen LogP contribution in [-0.4, -0.2) is 19.9 Å². The van der Waals surface area contributed by atoms with Gasteiger partial charge in [0.15, 0.2) is 0 Å². The zero-order chi connectivity index (χ0) is 18.1. The first-order chi connectivity index (χ1) is 12.5. The van der Waals surface area contributed by atoms with Crippen molar-refractivity contribution in [3.8, 4) is 23.0 Å². The van der Waals surface area contributed by atoms with Crippen molar-refractivity contribution in [3.05, 3.63) is 66.6 Å². The summed E-state index contributed by atoms with van der Waals surface area (Å²) in [6.45, 7) is 0. The third-order valence-corrected chi connectivity index (χ3v) is 3.72. The SMILES string of the molecule is FC(F)(F)c1cnc2[nH]cc(-c3ccnc(Oc4ccccc4)n3)c2c1. The third-order valence-electron chi connectivity index (χ3n) is 3.72. The van der Waals surface area contributed by atoms with Crippen LogP contribution in [0, 0.1) is 0 Å². The van der Waals surface area contributed by atoms with Crippen molar-refractivity contribution in [2.24, 2.45) is 0 Å². The Morgan fingerprint density at radius 2 is 1.81 bits per heavy atom. The first kappa shape index (κ1) is 16.1. The van der Waals surface area contributed by atoms with E-state index in [1.165, 1.54) is 6.20 Å². The van der Waals surface area contributed by atoms with Gasteiger partial charge in [-0.05, 0) is 24.3 Å². The van der Waals surface area contributed by atoms with Crippen LogP contribution >= 0.6 is 0 Å². The molecular weight excluding hydrogens is 345 g/mol. The average Bonchev–Trinajstić information content (AvgIpc) is 3.05. The second kappa shape index (κ2) is 6.14. The molecule has 8 heteroatoms. The molecule has 4 aromatic rings. The van der Waals surface area contributed by atoms with E-state index >= 15 is 0 Å². The van der Waals surface area contributed by atoms with E-state index in [0.29, 0.717) is 28.0 Å². The molecule has 4 rings (SSSR count). The Balaban J connectivity index is 1.74. The van der Waals surface area contributed by atoms with E-state index in [1.807, 2.05) is 18.2 Å². The number of hydrogen-bond donors (Lipinski definition) is 1. The number of pyridine rings is 1. The minimum atomic E-state index is -4.47. The largest absolute Gasteiger partial charge is 0.424 e. The summed E-state index contributed by atoms with van der Waals surface area (Å²) in [5, 5.41) is 0.323. The highest BCUT2D eigenvalue weighted by atomic mass is 19.4. The second-order valence-corrected chi connectivity index (χ2v) is 5.46. The lowest BCUT2D eigenvalue weighted by Crippen LogP contribution is -2.05. The van der Waals surface area contributed by atoms with Crippen molar-refractivity contribution in [1.29, 1.82) is 0 Å². The maximum absolute atomic E-state index is 13.0. The molecule has 0 atom stereocenters. The number of benzene rings is 1. The van der Waals surface area contributed by atoms with Gasteiger partial charge in [-0.1, -0.05) is 18.2 Å². The molecule has 0 saturated heterocycles. The highest BCUT2D eigenvalue weighted by Crippen LogP contribution is 2.34. The topological polar surface area (TPSA) is 63.7 Å². The number of nitrogens with one attached hydrogen (secondary N) is 1. The van der Waals surface area contributed by atoms with Crippen LogP contribution in [-0.2, 0) is 6.18 Å². The Hall–Kier alpha value is -3.42. The second-order valence-electron chi connectivity index (χ2n) is 5.46. The Morgan fingerprint density at radius 3 is 2.58 bits per heavy atom. The first-order valence-electron chi connectivity index (χ1n) is 7.61. The van der Waals surface area contributed by atoms with Gasteiger partial charge in [0.2, 0.25) is 0 Å². The monoisotopic (exact) mass is 356 g/mol. The molecule has 130 valence electrons. The summed E-state index contributed by atoms with van der Waals surface area (Å²) < 4.78 is 44.5. The summed E-state index contributed by atoms with van der Waals surface area (Å²) >= 11 is 0. The number of halogens is 3. The molecular formula is C18H11F3N4O. The van der Waals surface area contributed by atoms with E-state index in [0.717, 1.165) is 12.3 Å². The van der Waals surface area contributed by atoms with Crippen molar-refractivity contribution in [2.75, 3.05) is 0 Å². The molecule has 0 amide bonds. The van der Waals surface area contributed by atoms with E-state index in [2.05, 4.69) is 19.9 Å². The van der Waals surface area contributed by atoms with Gasteiger partial charge in [0.05, 0.1) is 11.3 Å². The number of H-pyrrole nitrogens is 1. The van der Waals surface area contributed by atoms with Gasteiger partial charge >= 0.3 is 12.2 Å². The number of aromatic nitrogens is 4. The van der Waals surface area contributed by atoms with Crippen molar-refractivity contribution < 1.29 is 17.9 Å². The molecule has 0 aliphatic heterocycles.